The van der Waals surface area contributed by atoms with Crippen molar-refractivity contribution in [1.82, 2.24) is 4.98 Å². The zero-order valence-corrected chi connectivity index (χ0v) is 20.9. The lowest BCUT2D eigenvalue weighted by atomic mass is 9.98. The SMILES string of the molecule is Cc1c(Cc2ccc(Br)cc2)c(OC(F)F)nc2c(Cl)ccc(OCC(=O)OC(C)(C)C)c12. The molecule has 176 valence electrons. The fourth-order valence-electron chi connectivity index (χ4n) is 3.32. The molecule has 0 fully saturated rings. The van der Waals surface area contributed by atoms with E-state index in [4.69, 9.17) is 25.8 Å². The number of alkyl halides is 2. The highest BCUT2D eigenvalue weighted by atomic mass is 79.9. The minimum Gasteiger partial charge on any atom is -0.481 e. The Balaban J connectivity index is 2.07. The summed E-state index contributed by atoms with van der Waals surface area (Å²) in [6.45, 7) is 3.65. The maximum atomic E-state index is 13.2. The highest BCUT2D eigenvalue weighted by Gasteiger charge is 2.22. The molecule has 0 amide bonds. The maximum absolute atomic E-state index is 13.2. The van der Waals surface area contributed by atoms with Crippen LogP contribution in [0.1, 0.15) is 37.5 Å². The van der Waals surface area contributed by atoms with Gasteiger partial charge in [0.05, 0.1) is 10.5 Å². The minimum atomic E-state index is -3.05. The molecule has 1 heterocycles. The summed E-state index contributed by atoms with van der Waals surface area (Å²) in [5.74, 6) is -0.404. The van der Waals surface area contributed by atoms with Crippen LogP contribution < -0.4 is 9.47 Å². The lowest BCUT2D eigenvalue weighted by Gasteiger charge is -2.20. The van der Waals surface area contributed by atoms with Gasteiger partial charge in [-0.3, -0.25) is 0 Å². The second-order valence-corrected chi connectivity index (χ2v) is 9.67. The average molecular weight is 543 g/mol. The van der Waals surface area contributed by atoms with Crippen molar-refractivity contribution in [3.05, 3.63) is 62.6 Å². The second-order valence-electron chi connectivity index (χ2n) is 8.35. The molecular weight excluding hydrogens is 520 g/mol. The monoisotopic (exact) mass is 541 g/mol. The fraction of sp³-hybridized carbons (Fsp3) is 0.333. The lowest BCUT2D eigenvalue weighted by Crippen LogP contribution is -2.27. The number of hydrogen-bond acceptors (Lipinski definition) is 5. The van der Waals surface area contributed by atoms with Gasteiger partial charge in [0.25, 0.3) is 0 Å². The molecule has 3 rings (SSSR count). The highest BCUT2D eigenvalue weighted by molar-refractivity contribution is 9.10. The van der Waals surface area contributed by atoms with E-state index in [9.17, 15) is 13.6 Å². The number of fused-ring (bicyclic) bond motifs is 1. The smallest absolute Gasteiger partial charge is 0.388 e. The first kappa shape index (κ1) is 25.2. The normalized spacial score (nSPS) is 11.7. The first-order valence-corrected chi connectivity index (χ1v) is 11.3. The number of rotatable bonds is 7. The summed E-state index contributed by atoms with van der Waals surface area (Å²) in [6, 6.07) is 10.6. The molecule has 1 aromatic heterocycles. The molecule has 0 aliphatic carbocycles. The number of hydrogen-bond donors (Lipinski definition) is 0. The van der Waals surface area contributed by atoms with Gasteiger partial charge in [0, 0.05) is 21.8 Å². The summed E-state index contributed by atoms with van der Waals surface area (Å²) in [5, 5.41) is 0.756. The van der Waals surface area contributed by atoms with Crippen molar-refractivity contribution in [1.29, 1.82) is 0 Å². The Morgan fingerprint density at radius 3 is 2.42 bits per heavy atom. The first-order valence-electron chi connectivity index (χ1n) is 10.1. The molecule has 3 aromatic rings. The van der Waals surface area contributed by atoms with Gasteiger partial charge in [-0.25, -0.2) is 9.78 Å². The van der Waals surface area contributed by atoms with E-state index in [2.05, 4.69) is 20.9 Å². The van der Waals surface area contributed by atoms with Gasteiger partial charge in [0.2, 0.25) is 5.88 Å². The summed E-state index contributed by atoms with van der Waals surface area (Å²) < 4.78 is 43.0. The molecule has 0 saturated carbocycles. The quantitative estimate of drug-likeness (QED) is 0.305. The van der Waals surface area contributed by atoms with Crippen molar-refractivity contribution in [3.63, 3.8) is 0 Å². The van der Waals surface area contributed by atoms with Gasteiger partial charge in [-0.15, -0.1) is 0 Å². The molecule has 0 radical (unpaired) electrons. The Kier molecular flexibility index (Phi) is 7.80. The van der Waals surface area contributed by atoms with Crippen molar-refractivity contribution >= 4 is 44.4 Å². The molecule has 0 spiro atoms. The van der Waals surface area contributed by atoms with Crippen molar-refractivity contribution in [2.24, 2.45) is 0 Å². The number of aryl methyl sites for hydroxylation is 1. The van der Waals surface area contributed by atoms with E-state index in [1.807, 2.05) is 24.3 Å². The number of nitrogens with zero attached hydrogens (tertiary/aromatic N) is 1. The number of carbonyl (C=O) groups is 1. The molecule has 0 unspecified atom stereocenters. The first-order chi connectivity index (χ1) is 15.4. The Morgan fingerprint density at radius 2 is 1.82 bits per heavy atom. The van der Waals surface area contributed by atoms with Gasteiger partial charge >= 0.3 is 12.6 Å². The van der Waals surface area contributed by atoms with Crippen LogP contribution in [0.3, 0.4) is 0 Å². The predicted octanol–water partition coefficient (Wildman–Crippen LogP) is 6.87. The molecule has 0 aliphatic heterocycles. The number of pyridine rings is 1. The van der Waals surface area contributed by atoms with E-state index >= 15 is 0 Å². The van der Waals surface area contributed by atoms with Gasteiger partial charge in [0.15, 0.2) is 6.61 Å². The van der Waals surface area contributed by atoms with E-state index in [0.29, 0.717) is 28.7 Å². The zero-order valence-electron chi connectivity index (χ0n) is 18.5. The summed E-state index contributed by atoms with van der Waals surface area (Å²) in [6.07, 6.45) is 0.294. The average Bonchev–Trinajstić information content (AvgIpc) is 2.70. The fourth-order valence-corrected chi connectivity index (χ4v) is 3.79. The van der Waals surface area contributed by atoms with Crippen LogP contribution in [-0.2, 0) is 16.0 Å². The van der Waals surface area contributed by atoms with Crippen LogP contribution in [0, 0.1) is 6.92 Å². The van der Waals surface area contributed by atoms with Crippen molar-refractivity contribution < 1.29 is 27.8 Å². The van der Waals surface area contributed by atoms with E-state index < -0.39 is 18.2 Å². The molecular formula is C24H23BrClF2NO4. The summed E-state index contributed by atoms with van der Waals surface area (Å²) in [7, 11) is 0. The Bertz CT molecular complexity index is 1160. The molecule has 0 atom stereocenters. The molecule has 0 saturated heterocycles. The second kappa shape index (κ2) is 10.2. The summed E-state index contributed by atoms with van der Waals surface area (Å²) in [5.41, 5.74) is 1.54. The molecule has 9 heteroatoms. The van der Waals surface area contributed by atoms with Crippen LogP contribution in [0.15, 0.2) is 40.9 Å². The van der Waals surface area contributed by atoms with E-state index in [0.717, 1.165) is 10.0 Å². The van der Waals surface area contributed by atoms with Crippen LogP contribution in [0.25, 0.3) is 10.9 Å². The Hall–Kier alpha value is -2.45. The van der Waals surface area contributed by atoms with Crippen molar-refractivity contribution in [2.75, 3.05) is 6.61 Å². The Morgan fingerprint density at radius 1 is 1.15 bits per heavy atom. The van der Waals surface area contributed by atoms with Crippen molar-refractivity contribution in [2.45, 2.75) is 46.3 Å². The van der Waals surface area contributed by atoms with Gasteiger partial charge in [-0.1, -0.05) is 39.7 Å². The molecule has 0 bridgehead atoms. The number of benzene rings is 2. The van der Waals surface area contributed by atoms with Crippen LogP contribution >= 0.6 is 27.5 Å². The van der Waals surface area contributed by atoms with E-state index in [1.165, 1.54) is 6.07 Å². The number of esters is 1. The van der Waals surface area contributed by atoms with Gasteiger partial charge in [0.1, 0.15) is 11.4 Å². The largest absolute Gasteiger partial charge is 0.481 e. The molecule has 5 nitrogen and oxygen atoms in total. The number of aromatic nitrogens is 1. The molecule has 0 N–H and O–H groups in total. The molecule has 33 heavy (non-hydrogen) atoms. The standard InChI is InChI=1S/C24H23BrClF2NO4/c1-13-16(11-14-5-7-15(25)8-6-14)22(32-23(27)28)29-21-17(26)9-10-18(20(13)21)31-12-19(30)33-24(2,3)4/h5-10,23H,11-12H2,1-4H3. The third-order valence-corrected chi connectivity index (χ3v) is 5.48. The van der Waals surface area contributed by atoms with Gasteiger partial charge in [-0.2, -0.15) is 8.78 Å². The molecule has 0 aliphatic rings. The van der Waals surface area contributed by atoms with Crippen molar-refractivity contribution in [3.8, 4) is 11.6 Å². The third kappa shape index (κ3) is 6.54. The topological polar surface area (TPSA) is 57.7 Å². The Labute approximate surface area is 204 Å². The zero-order chi connectivity index (χ0) is 24.3. The van der Waals surface area contributed by atoms with Gasteiger partial charge < -0.3 is 14.2 Å². The van der Waals surface area contributed by atoms with Crippen LogP contribution in [0.5, 0.6) is 11.6 Å². The number of halogens is 4. The van der Waals surface area contributed by atoms with Gasteiger partial charge in [-0.05, 0) is 63.1 Å². The molecule has 2 aromatic carbocycles. The van der Waals surface area contributed by atoms with Crippen LogP contribution in [-0.4, -0.2) is 29.8 Å². The third-order valence-electron chi connectivity index (χ3n) is 4.65. The van der Waals surface area contributed by atoms with Crippen LogP contribution in [0.2, 0.25) is 5.02 Å². The number of carbonyl (C=O) groups excluding carboxylic acids is 1. The van der Waals surface area contributed by atoms with Crippen LogP contribution in [0.4, 0.5) is 8.78 Å². The van der Waals surface area contributed by atoms with E-state index in [-0.39, 0.29) is 23.0 Å². The summed E-state index contributed by atoms with van der Waals surface area (Å²) >= 11 is 9.72. The lowest BCUT2D eigenvalue weighted by molar-refractivity contribution is -0.157. The number of ether oxygens (including phenoxy) is 3. The maximum Gasteiger partial charge on any atom is 0.388 e. The minimum absolute atomic E-state index is 0.205. The van der Waals surface area contributed by atoms with E-state index in [1.54, 1.807) is 33.8 Å². The highest BCUT2D eigenvalue weighted by Crippen LogP contribution is 2.38. The predicted molar refractivity (Wildman–Crippen MR) is 126 cm³/mol. The summed E-state index contributed by atoms with van der Waals surface area (Å²) in [4.78, 5) is 16.4.